The van der Waals surface area contributed by atoms with Crippen molar-refractivity contribution in [2.75, 3.05) is 0 Å². The van der Waals surface area contributed by atoms with Gasteiger partial charge in [0.25, 0.3) is 0 Å². The van der Waals surface area contributed by atoms with Crippen molar-refractivity contribution in [3.63, 3.8) is 0 Å². The molecular weight excluding hydrogens is 293 g/mol. The number of halogens is 4. The van der Waals surface area contributed by atoms with E-state index in [-0.39, 0.29) is 23.5 Å². The second-order valence-electron chi connectivity index (χ2n) is 4.38. The molecule has 1 rings (SSSR count). The van der Waals surface area contributed by atoms with E-state index in [4.69, 9.17) is 16.3 Å². The molecule has 0 aromatic heterocycles. The number of unbranched alkanes of at least 4 members (excludes halogenated alkanes) is 1. The number of hydrogen-bond acceptors (Lipinski definition) is 2. The monoisotopic (exact) mass is 309 g/mol. The summed E-state index contributed by atoms with van der Waals surface area (Å²) < 4.78 is 45.4. The van der Waals surface area contributed by atoms with Gasteiger partial charge in [-0.2, -0.15) is 0 Å². The van der Waals surface area contributed by atoms with Gasteiger partial charge in [0.1, 0.15) is 5.75 Å². The van der Waals surface area contributed by atoms with Gasteiger partial charge < -0.3 is 9.47 Å². The first-order valence-corrected chi connectivity index (χ1v) is 6.68. The van der Waals surface area contributed by atoms with Crippen molar-refractivity contribution in [1.82, 2.24) is 0 Å². The van der Waals surface area contributed by atoms with Gasteiger partial charge >= 0.3 is 6.36 Å². The van der Waals surface area contributed by atoms with Gasteiger partial charge in [0, 0.05) is 5.02 Å². The molecule has 113 valence electrons. The zero-order valence-electron chi connectivity index (χ0n) is 11.2. The van der Waals surface area contributed by atoms with Crippen molar-refractivity contribution in [2.45, 2.75) is 45.3 Å². The van der Waals surface area contributed by atoms with Gasteiger partial charge in [-0.25, -0.2) is 0 Å². The van der Waals surface area contributed by atoms with Crippen molar-refractivity contribution in [3.05, 3.63) is 35.7 Å². The highest BCUT2D eigenvalue weighted by molar-refractivity contribution is 6.31. The predicted molar refractivity (Wildman–Crippen MR) is 71.6 cm³/mol. The fourth-order valence-corrected chi connectivity index (χ4v) is 1.79. The van der Waals surface area contributed by atoms with Crippen molar-refractivity contribution in [2.24, 2.45) is 0 Å². The van der Waals surface area contributed by atoms with Crippen LogP contribution in [-0.2, 0) is 11.3 Å². The van der Waals surface area contributed by atoms with Crippen molar-refractivity contribution >= 4 is 11.6 Å². The largest absolute Gasteiger partial charge is 0.573 e. The minimum absolute atomic E-state index is 0.155. The highest BCUT2D eigenvalue weighted by Gasteiger charge is 2.31. The molecule has 1 aromatic rings. The lowest BCUT2D eigenvalue weighted by molar-refractivity contribution is -0.274. The molecule has 0 spiro atoms. The van der Waals surface area contributed by atoms with Gasteiger partial charge in [0.15, 0.2) is 0 Å². The molecule has 1 aromatic carbocycles. The van der Waals surface area contributed by atoms with E-state index in [1.54, 1.807) is 0 Å². The van der Waals surface area contributed by atoms with Crippen molar-refractivity contribution in [1.29, 1.82) is 0 Å². The van der Waals surface area contributed by atoms with Crippen LogP contribution in [0.4, 0.5) is 13.2 Å². The van der Waals surface area contributed by atoms with E-state index in [1.165, 1.54) is 12.1 Å². The number of alkyl halides is 3. The summed E-state index contributed by atoms with van der Waals surface area (Å²) in [5.41, 5.74) is 0.603. The van der Waals surface area contributed by atoms with Crippen LogP contribution < -0.4 is 4.74 Å². The zero-order chi connectivity index (χ0) is 15.2. The molecule has 2 nitrogen and oxygen atoms in total. The maximum atomic E-state index is 12.0. The highest BCUT2D eigenvalue weighted by Crippen LogP contribution is 2.28. The molecule has 0 amide bonds. The molecule has 0 N–H and O–H groups in total. The Bertz CT molecular complexity index is 421. The Labute approximate surface area is 121 Å². The molecular formula is C14H17ClF3O2. The van der Waals surface area contributed by atoms with E-state index >= 15 is 0 Å². The van der Waals surface area contributed by atoms with Crippen LogP contribution in [0, 0.1) is 6.92 Å². The van der Waals surface area contributed by atoms with E-state index < -0.39 is 6.36 Å². The molecule has 20 heavy (non-hydrogen) atoms. The highest BCUT2D eigenvalue weighted by atomic mass is 35.5. The third-order valence-electron chi connectivity index (χ3n) is 2.61. The molecule has 0 aliphatic rings. The lowest BCUT2D eigenvalue weighted by atomic mass is 10.2. The van der Waals surface area contributed by atoms with Crippen LogP contribution in [-0.4, -0.2) is 12.5 Å². The molecule has 0 bridgehead atoms. The standard InChI is InChI=1S/C14H17ClF3O2/c1-3-4-5-10(2)19-9-11-6-7-12(8-13(11)15)20-14(16,17)18/h6-8,10H,2-5,9H2,1H3. The maximum Gasteiger partial charge on any atom is 0.573 e. The van der Waals surface area contributed by atoms with Crippen LogP contribution in [0.25, 0.3) is 0 Å². The summed E-state index contributed by atoms with van der Waals surface area (Å²) in [6.45, 7) is 6.13. The van der Waals surface area contributed by atoms with E-state index in [0.717, 1.165) is 25.3 Å². The summed E-state index contributed by atoms with van der Waals surface area (Å²) in [4.78, 5) is 0. The van der Waals surface area contributed by atoms with Gasteiger partial charge in [-0.1, -0.05) is 37.4 Å². The number of hydrogen-bond donors (Lipinski definition) is 0. The fourth-order valence-electron chi connectivity index (χ4n) is 1.56. The smallest absolute Gasteiger partial charge is 0.406 e. The first-order chi connectivity index (χ1) is 9.31. The molecule has 0 fully saturated rings. The van der Waals surface area contributed by atoms with E-state index in [9.17, 15) is 13.2 Å². The van der Waals surface area contributed by atoms with Gasteiger partial charge in [-0.15, -0.1) is 13.2 Å². The average Bonchev–Trinajstić information content (AvgIpc) is 2.33. The Hall–Kier alpha value is -0.940. The van der Waals surface area contributed by atoms with Gasteiger partial charge in [0.05, 0.1) is 12.7 Å². The Kier molecular flexibility index (Phi) is 6.62. The second kappa shape index (κ2) is 7.74. The lowest BCUT2D eigenvalue weighted by Crippen LogP contribution is -2.17. The number of benzene rings is 1. The molecule has 0 saturated carbocycles. The normalized spacial score (nSPS) is 13.3. The predicted octanol–water partition coefficient (Wildman–Crippen LogP) is 5.15. The molecule has 0 aliphatic heterocycles. The minimum atomic E-state index is -4.72. The third-order valence-corrected chi connectivity index (χ3v) is 2.96. The topological polar surface area (TPSA) is 18.5 Å². The molecule has 0 heterocycles. The summed E-state index contributed by atoms with van der Waals surface area (Å²) in [7, 11) is 0. The van der Waals surface area contributed by atoms with Crippen molar-refractivity contribution < 1.29 is 22.6 Å². The Morgan fingerprint density at radius 1 is 1.35 bits per heavy atom. The van der Waals surface area contributed by atoms with E-state index in [0.29, 0.717) is 5.56 Å². The molecule has 1 unspecified atom stereocenters. The van der Waals surface area contributed by atoms with Crippen LogP contribution in [0.1, 0.15) is 31.7 Å². The molecule has 0 aliphatic carbocycles. The summed E-state index contributed by atoms with van der Waals surface area (Å²) >= 11 is 5.90. The van der Waals surface area contributed by atoms with Crippen LogP contribution in [0.5, 0.6) is 5.75 Å². The third kappa shape index (κ3) is 6.48. The summed E-state index contributed by atoms with van der Waals surface area (Å²) in [6.07, 6.45) is -1.97. The van der Waals surface area contributed by atoms with Gasteiger partial charge in [0.2, 0.25) is 0 Å². The SMILES string of the molecule is [CH2]C(CCCC)OCc1ccc(OC(F)(F)F)cc1Cl. The number of ether oxygens (including phenoxy) is 2. The van der Waals surface area contributed by atoms with Crippen LogP contribution in [0.15, 0.2) is 18.2 Å². The average molecular weight is 310 g/mol. The lowest BCUT2D eigenvalue weighted by Gasteiger charge is -2.14. The summed E-state index contributed by atoms with van der Waals surface area (Å²) in [5.74, 6) is -0.344. The molecule has 0 saturated heterocycles. The number of rotatable bonds is 7. The first-order valence-electron chi connectivity index (χ1n) is 6.30. The molecule has 1 radical (unpaired) electrons. The Morgan fingerprint density at radius 3 is 2.60 bits per heavy atom. The summed E-state index contributed by atoms with van der Waals surface area (Å²) in [5, 5.41) is 0.175. The Balaban J connectivity index is 2.56. The maximum absolute atomic E-state index is 12.0. The summed E-state index contributed by atoms with van der Waals surface area (Å²) in [6, 6.07) is 3.79. The minimum Gasteiger partial charge on any atom is -0.406 e. The first kappa shape index (κ1) is 17.1. The van der Waals surface area contributed by atoms with Crippen LogP contribution >= 0.6 is 11.6 Å². The van der Waals surface area contributed by atoms with Gasteiger partial charge in [-0.3, -0.25) is 0 Å². The quantitative estimate of drug-likeness (QED) is 0.693. The zero-order valence-corrected chi connectivity index (χ0v) is 11.9. The van der Waals surface area contributed by atoms with Gasteiger partial charge in [-0.05, 0) is 31.0 Å². The van der Waals surface area contributed by atoms with E-state index in [1.807, 2.05) is 0 Å². The molecule has 6 heteroatoms. The fraction of sp³-hybridized carbons (Fsp3) is 0.500. The van der Waals surface area contributed by atoms with E-state index in [2.05, 4.69) is 18.6 Å². The Morgan fingerprint density at radius 2 is 2.05 bits per heavy atom. The second-order valence-corrected chi connectivity index (χ2v) is 4.78. The molecule has 1 atom stereocenters. The van der Waals surface area contributed by atoms with Crippen LogP contribution in [0.2, 0.25) is 5.02 Å². The van der Waals surface area contributed by atoms with Crippen molar-refractivity contribution in [3.8, 4) is 5.75 Å². The van der Waals surface area contributed by atoms with Crippen LogP contribution in [0.3, 0.4) is 0 Å².